The molecule has 1 aliphatic carbocycles. The van der Waals surface area contributed by atoms with E-state index < -0.39 is 11.7 Å². The molecule has 8 heteroatoms. The summed E-state index contributed by atoms with van der Waals surface area (Å²) in [4.78, 5) is 21.9. The molecule has 7 nitrogen and oxygen atoms in total. The summed E-state index contributed by atoms with van der Waals surface area (Å²) in [5.74, 6) is 1.35. The molecule has 0 spiro atoms. The number of carbonyl (C=O) groups is 1. The van der Waals surface area contributed by atoms with Crippen LogP contribution in [-0.4, -0.2) is 27.4 Å². The van der Waals surface area contributed by atoms with Gasteiger partial charge in [0.25, 0.3) is 5.91 Å². The maximum absolute atomic E-state index is 13.6. The van der Waals surface area contributed by atoms with E-state index in [1.54, 1.807) is 6.20 Å². The number of nitrogens with zero attached hydrogens (tertiary/aromatic N) is 3. The third kappa shape index (κ3) is 4.56. The van der Waals surface area contributed by atoms with Crippen molar-refractivity contribution in [2.45, 2.75) is 44.6 Å². The van der Waals surface area contributed by atoms with Gasteiger partial charge in [-0.25, -0.2) is 14.4 Å². The lowest BCUT2D eigenvalue weighted by atomic mass is 9.89. The second-order valence-corrected chi connectivity index (χ2v) is 8.91. The van der Waals surface area contributed by atoms with Crippen LogP contribution in [0.1, 0.15) is 59.8 Å². The van der Waals surface area contributed by atoms with E-state index in [1.807, 2.05) is 30.5 Å². The number of fused-ring (bicyclic) bond motifs is 1. The maximum atomic E-state index is 13.6. The number of halogens is 1. The molecule has 0 radical (unpaired) electrons. The van der Waals surface area contributed by atoms with Crippen LogP contribution in [0.5, 0.6) is 5.75 Å². The smallest absolute Gasteiger partial charge is 0.255 e. The minimum absolute atomic E-state index is 0.159. The highest BCUT2D eigenvalue weighted by molar-refractivity contribution is 5.97. The van der Waals surface area contributed by atoms with E-state index in [0.717, 1.165) is 41.0 Å². The largest absolute Gasteiger partial charge is 0.496 e. The fraction of sp³-hybridized carbons (Fsp3) is 0.296. The summed E-state index contributed by atoms with van der Waals surface area (Å²) in [6, 6.07) is 11.7. The van der Waals surface area contributed by atoms with E-state index in [9.17, 15) is 9.18 Å². The summed E-state index contributed by atoms with van der Waals surface area (Å²) < 4.78 is 20.9. The van der Waals surface area contributed by atoms with Gasteiger partial charge in [-0.15, -0.1) is 0 Å². The van der Waals surface area contributed by atoms with Crippen LogP contribution in [-0.2, 0) is 6.54 Å². The van der Waals surface area contributed by atoms with Gasteiger partial charge < -0.3 is 15.8 Å². The van der Waals surface area contributed by atoms with Gasteiger partial charge in [-0.05, 0) is 36.6 Å². The number of anilines is 1. The summed E-state index contributed by atoms with van der Waals surface area (Å²) in [5.41, 5.74) is 9.92. The normalized spacial score (nSPS) is 14.2. The topological polar surface area (TPSA) is 94.5 Å². The lowest BCUT2D eigenvalue weighted by Gasteiger charge is -2.20. The number of ether oxygens (including phenoxy) is 1. The van der Waals surface area contributed by atoms with Crippen molar-refractivity contribution in [3.8, 4) is 17.0 Å². The average Bonchev–Trinajstić information content (AvgIpc) is 3.29. The van der Waals surface area contributed by atoms with E-state index in [-0.39, 0.29) is 5.56 Å². The Labute approximate surface area is 203 Å². The summed E-state index contributed by atoms with van der Waals surface area (Å²) >= 11 is 0. The van der Waals surface area contributed by atoms with Gasteiger partial charge in [0.15, 0.2) is 0 Å². The molecule has 1 saturated carbocycles. The first-order valence-electron chi connectivity index (χ1n) is 11.9. The molecular weight excluding hydrogens is 445 g/mol. The Balaban J connectivity index is 1.38. The van der Waals surface area contributed by atoms with Gasteiger partial charge in [-0.1, -0.05) is 43.5 Å². The molecule has 35 heavy (non-hydrogen) atoms. The fourth-order valence-corrected chi connectivity index (χ4v) is 4.85. The minimum atomic E-state index is -0.492. The van der Waals surface area contributed by atoms with E-state index in [0.29, 0.717) is 24.0 Å². The molecule has 5 rings (SSSR count). The molecule has 4 aromatic rings. The zero-order valence-corrected chi connectivity index (χ0v) is 19.6. The number of hydrogen-bond donors (Lipinski definition) is 2. The van der Waals surface area contributed by atoms with Gasteiger partial charge in [-0.3, -0.25) is 9.20 Å². The van der Waals surface area contributed by atoms with Crippen LogP contribution in [0, 0.1) is 5.82 Å². The first-order chi connectivity index (χ1) is 17.0. The van der Waals surface area contributed by atoms with Crippen LogP contribution in [0.3, 0.4) is 0 Å². The van der Waals surface area contributed by atoms with Gasteiger partial charge in [0.1, 0.15) is 34.4 Å². The quantitative estimate of drug-likeness (QED) is 0.406. The first kappa shape index (κ1) is 22.8. The molecule has 0 atom stereocenters. The highest BCUT2D eigenvalue weighted by Gasteiger charge is 2.24. The van der Waals surface area contributed by atoms with Gasteiger partial charge >= 0.3 is 0 Å². The average molecular weight is 474 g/mol. The third-order valence-electron chi connectivity index (χ3n) is 6.67. The first-order valence-corrected chi connectivity index (χ1v) is 11.9. The molecule has 0 bridgehead atoms. The molecular formula is C27H28FN5O2. The number of nitrogens with two attached hydrogens (primary N) is 1. The van der Waals surface area contributed by atoms with Gasteiger partial charge in [0.05, 0.1) is 12.7 Å². The summed E-state index contributed by atoms with van der Waals surface area (Å²) in [6.07, 6.45) is 9.65. The molecule has 3 N–H and O–H groups in total. The molecule has 0 aliphatic heterocycles. The predicted octanol–water partition coefficient (Wildman–Crippen LogP) is 5.10. The fourth-order valence-electron chi connectivity index (χ4n) is 4.85. The van der Waals surface area contributed by atoms with E-state index >= 15 is 0 Å². The second kappa shape index (κ2) is 9.74. The maximum Gasteiger partial charge on any atom is 0.255 e. The number of nitrogens with one attached hydrogen (secondary N) is 1. The molecule has 2 heterocycles. The van der Waals surface area contributed by atoms with Gasteiger partial charge in [-0.2, -0.15) is 0 Å². The highest BCUT2D eigenvalue weighted by Crippen LogP contribution is 2.36. The number of nitrogen functional groups attached to an aromatic ring is 1. The van der Waals surface area contributed by atoms with Crippen molar-refractivity contribution in [1.82, 2.24) is 19.7 Å². The Morgan fingerprint density at radius 1 is 1.17 bits per heavy atom. The molecule has 2 aromatic heterocycles. The Bertz CT molecular complexity index is 1360. The van der Waals surface area contributed by atoms with Crippen molar-refractivity contribution in [3.63, 3.8) is 0 Å². The Morgan fingerprint density at radius 2 is 1.94 bits per heavy atom. The van der Waals surface area contributed by atoms with Gasteiger partial charge in [0.2, 0.25) is 0 Å². The number of aromatic nitrogens is 3. The molecule has 1 fully saturated rings. The highest BCUT2D eigenvalue weighted by atomic mass is 19.1. The van der Waals surface area contributed by atoms with Crippen LogP contribution in [0.15, 0.2) is 54.9 Å². The van der Waals surface area contributed by atoms with Crippen molar-refractivity contribution in [2.24, 2.45) is 0 Å². The molecule has 2 aromatic carbocycles. The molecule has 1 amide bonds. The SMILES string of the molecule is COc1ccc(F)cc1C(=O)NCc1ccc(-c2nc(C3CCCCC3)n3ccnc(N)c23)cc1. The van der Waals surface area contributed by atoms with Crippen LogP contribution in [0.25, 0.3) is 16.8 Å². The lowest BCUT2D eigenvalue weighted by molar-refractivity contribution is 0.0947. The number of rotatable bonds is 6. The Morgan fingerprint density at radius 3 is 2.69 bits per heavy atom. The zero-order valence-electron chi connectivity index (χ0n) is 19.6. The van der Waals surface area contributed by atoms with Crippen molar-refractivity contribution in [3.05, 3.63) is 77.6 Å². The number of hydrogen-bond acceptors (Lipinski definition) is 5. The number of amides is 1. The summed E-state index contributed by atoms with van der Waals surface area (Å²) in [5, 5.41) is 2.83. The van der Waals surface area contributed by atoms with E-state index in [2.05, 4.69) is 14.7 Å². The molecule has 0 saturated heterocycles. The van der Waals surface area contributed by atoms with Crippen molar-refractivity contribution in [1.29, 1.82) is 0 Å². The van der Waals surface area contributed by atoms with Gasteiger partial charge in [0, 0.05) is 30.4 Å². The number of methoxy groups -OCH3 is 1. The summed E-state index contributed by atoms with van der Waals surface area (Å²) in [6.45, 7) is 0.291. The van der Waals surface area contributed by atoms with E-state index in [1.165, 1.54) is 44.6 Å². The van der Waals surface area contributed by atoms with E-state index in [4.69, 9.17) is 15.5 Å². The number of imidazole rings is 1. The Kier molecular flexibility index (Phi) is 6.35. The zero-order chi connectivity index (χ0) is 24.4. The molecule has 180 valence electrons. The van der Waals surface area contributed by atoms with Crippen LogP contribution < -0.4 is 15.8 Å². The summed E-state index contributed by atoms with van der Waals surface area (Å²) in [7, 11) is 1.45. The number of benzene rings is 2. The van der Waals surface area contributed by atoms with Crippen LogP contribution in [0.2, 0.25) is 0 Å². The third-order valence-corrected chi connectivity index (χ3v) is 6.67. The van der Waals surface area contributed by atoms with Crippen molar-refractivity contribution >= 4 is 17.2 Å². The molecule has 0 unspecified atom stereocenters. The standard InChI is InChI=1S/C27H28FN5O2/c1-35-22-12-11-20(28)15-21(22)27(34)31-16-17-7-9-18(10-8-17)23-24-25(29)30-13-14-33(24)26(32-23)19-5-3-2-4-6-19/h7-15,19H,2-6,16H2,1H3,(H2,29,30)(H,31,34). The predicted molar refractivity (Wildman–Crippen MR) is 133 cm³/mol. The van der Waals surface area contributed by atoms with Crippen molar-refractivity contribution in [2.75, 3.05) is 12.8 Å². The Hall–Kier alpha value is -3.94. The van der Waals surface area contributed by atoms with Crippen LogP contribution >= 0.6 is 0 Å². The van der Waals surface area contributed by atoms with Crippen molar-refractivity contribution < 1.29 is 13.9 Å². The second-order valence-electron chi connectivity index (χ2n) is 8.91. The minimum Gasteiger partial charge on any atom is -0.496 e. The lowest BCUT2D eigenvalue weighted by Crippen LogP contribution is -2.23. The monoisotopic (exact) mass is 473 g/mol. The number of carbonyl (C=O) groups excluding carboxylic acids is 1. The molecule has 1 aliphatic rings. The van der Waals surface area contributed by atoms with Crippen LogP contribution in [0.4, 0.5) is 10.2 Å².